The lowest BCUT2D eigenvalue weighted by atomic mass is 10.1. The average Bonchev–Trinajstić information content (AvgIpc) is 3.01. The lowest BCUT2D eigenvalue weighted by Crippen LogP contribution is -2.27. The van der Waals surface area contributed by atoms with Gasteiger partial charge in [-0.25, -0.2) is 23.1 Å². The monoisotopic (exact) mass is 415 g/mol. The van der Waals surface area contributed by atoms with Crippen LogP contribution in [0.5, 0.6) is 0 Å². The van der Waals surface area contributed by atoms with Crippen molar-refractivity contribution in [3.8, 4) is 0 Å². The number of amides is 1. The zero-order chi connectivity index (χ0) is 21.3. The van der Waals surface area contributed by atoms with Crippen molar-refractivity contribution in [2.75, 3.05) is 0 Å². The minimum absolute atomic E-state index is 0.0243. The van der Waals surface area contributed by atoms with Gasteiger partial charge in [0.05, 0.1) is 16.6 Å². The van der Waals surface area contributed by atoms with E-state index in [0.717, 1.165) is 28.3 Å². The van der Waals surface area contributed by atoms with Crippen LogP contribution in [0.25, 0.3) is 5.65 Å². The molecule has 3 N–H and O–H groups in total. The Morgan fingerprint density at radius 1 is 1.24 bits per heavy atom. The summed E-state index contributed by atoms with van der Waals surface area (Å²) in [6, 6.07) is 7.85. The molecule has 0 saturated carbocycles. The standard InChI is InChI=1S/C20H25N5O3S/c1-12-10-19-22-14(3)18(15(4)25(19)24-12)8-9-20(26)23-13(2)16-6-5-7-17(11-16)29(21,27)28/h5-7,10-11,13H,8-9H2,1-4H3,(H,23,26)(H2,21,27,28). The predicted molar refractivity (Wildman–Crippen MR) is 110 cm³/mol. The molecule has 0 radical (unpaired) electrons. The number of hydrogen-bond acceptors (Lipinski definition) is 5. The Morgan fingerprint density at radius 2 is 1.97 bits per heavy atom. The fourth-order valence-electron chi connectivity index (χ4n) is 3.40. The van der Waals surface area contributed by atoms with E-state index in [1.807, 2.05) is 26.8 Å². The number of nitrogens with zero attached hydrogens (tertiary/aromatic N) is 3. The summed E-state index contributed by atoms with van der Waals surface area (Å²) < 4.78 is 24.9. The van der Waals surface area contributed by atoms with Crippen LogP contribution in [0.15, 0.2) is 35.2 Å². The average molecular weight is 416 g/mol. The fraction of sp³-hybridized carbons (Fsp3) is 0.350. The highest BCUT2D eigenvalue weighted by Gasteiger charge is 2.16. The third-order valence-corrected chi connectivity index (χ3v) is 5.86. The van der Waals surface area contributed by atoms with E-state index in [4.69, 9.17) is 5.14 Å². The SMILES string of the molecule is Cc1cc2nc(C)c(CCC(=O)NC(C)c3cccc(S(N)(=O)=O)c3)c(C)n2n1. The molecule has 0 aliphatic carbocycles. The van der Waals surface area contributed by atoms with Crippen molar-refractivity contribution in [2.45, 2.75) is 51.5 Å². The van der Waals surface area contributed by atoms with E-state index in [9.17, 15) is 13.2 Å². The molecule has 29 heavy (non-hydrogen) atoms. The molecule has 3 rings (SSSR count). The van der Waals surface area contributed by atoms with E-state index in [1.54, 1.807) is 23.6 Å². The number of rotatable bonds is 6. The lowest BCUT2D eigenvalue weighted by Gasteiger charge is -2.16. The predicted octanol–water partition coefficient (Wildman–Crippen LogP) is 2.11. The molecule has 2 heterocycles. The van der Waals surface area contributed by atoms with Gasteiger partial charge in [-0.15, -0.1) is 0 Å². The lowest BCUT2D eigenvalue weighted by molar-refractivity contribution is -0.121. The molecule has 0 fully saturated rings. The quantitative estimate of drug-likeness (QED) is 0.639. The van der Waals surface area contributed by atoms with Crippen LogP contribution in [0.3, 0.4) is 0 Å². The summed E-state index contributed by atoms with van der Waals surface area (Å²) in [5.41, 5.74) is 5.23. The molecule has 1 amide bonds. The van der Waals surface area contributed by atoms with Gasteiger partial charge in [0.15, 0.2) is 5.65 Å². The summed E-state index contributed by atoms with van der Waals surface area (Å²) >= 11 is 0. The van der Waals surface area contributed by atoms with Gasteiger partial charge in [0.25, 0.3) is 0 Å². The van der Waals surface area contributed by atoms with E-state index >= 15 is 0 Å². The highest BCUT2D eigenvalue weighted by molar-refractivity contribution is 7.89. The van der Waals surface area contributed by atoms with Crippen LogP contribution in [0.2, 0.25) is 0 Å². The molecule has 154 valence electrons. The number of nitrogens with two attached hydrogens (primary N) is 1. The van der Waals surface area contributed by atoms with Crippen molar-refractivity contribution >= 4 is 21.6 Å². The first-order valence-electron chi connectivity index (χ1n) is 9.31. The van der Waals surface area contributed by atoms with Crippen LogP contribution in [0.4, 0.5) is 0 Å². The summed E-state index contributed by atoms with van der Waals surface area (Å²) in [5.74, 6) is -0.131. The van der Waals surface area contributed by atoms with Crippen LogP contribution in [0.1, 0.15) is 47.6 Å². The molecule has 8 nitrogen and oxygen atoms in total. The fourth-order valence-corrected chi connectivity index (χ4v) is 3.97. The van der Waals surface area contributed by atoms with Crippen molar-refractivity contribution in [1.29, 1.82) is 0 Å². The Hall–Kier alpha value is -2.78. The van der Waals surface area contributed by atoms with Crippen molar-refractivity contribution in [1.82, 2.24) is 19.9 Å². The molecule has 9 heteroatoms. The number of hydrogen-bond donors (Lipinski definition) is 2. The zero-order valence-electron chi connectivity index (χ0n) is 16.9. The Bertz CT molecular complexity index is 1180. The van der Waals surface area contributed by atoms with Crippen LogP contribution < -0.4 is 10.5 Å². The number of primary sulfonamides is 1. The van der Waals surface area contributed by atoms with Gasteiger partial charge in [0.1, 0.15) is 0 Å². The maximum atomic E-state index is 12.5. The topological polar surface area (TPSA) is 119 Å². The number of fused-ring (bicyclic) bond motifs is 1. The van der Waals surface area contributed by atoms with Crippen molar-refractivity contribution in [3.63, 3.8) is 0 Å². The summed E-state index contributed by atoms with van der Waals surface area (Å²) in [6.07, 6.45) is 0.823. The normalized spacial score (nSPS) is 12.9. The van der Waals surface area contributed by atoms with Gasteiger partial charge >= 0.3 is 0 Å². The molecular weight excluding hydrogens is 390 g/mol. The highest BCUT2D eigenvalue weighted by atomic mass is 32.2. The number of carbonyl (C=O) groups excluding carboxylic acids is 1. The van der Waals surface area contributed by atoms with Gasteiger partial charge < -0.3 is 5.32 Å². The summed E-state index contributed by atoms with van der Waals surface area (Å²) in [5, 5.41) is 12.5. The van der Waals surface area contributed by atoms with Crippen LogP contribution in [-0.4, -0.2) is 28.9 Å². The second-order valence-electron chi connectivity index (χ2n) is 7.22. The van der Waals surface area contributed by atoms with E-state index in [1.165, 1.54) is 12.1 Å². The first kappa shape index (κ1) is 20.9. The third kappa shape index (κ3) is 4.63. The Labute approximate surface area is 170 Å². The van der Waals surface area contributed by atoms with E-state index in [0.29, 0.717) is 12.0 Å². The van der Waals surface area contributed by atoms with Gasteiger partial charge in [-0.2, -0.15) is 5.10 Å². The van der Waals surface area contributed by atoms with Gasteiger partial charge in [-0.05, 0) is 57.4 Å². The molecule has 0 bridgehead atoms. The third-order valence-electron chi connectivity index (χ3n) is 4.95. The van der Waals surface area contributed by atoms with Crippen LogP contribution >= 0.6 is 0 Å². The number of aromatic nitrogens is 3. The first-order chi connectivity index (χ1) is 13.6. The number of aryl methyl sites for hydroxylation is 3. The summed E-state index contributed by atoms with van der Waals surface area (Å²) in [6.45, 7) is 7.63. The molecule has 0 saturated heterocycles. The maximum Gasteiger partial charge on any atom is 0.238 e. The van der Waals surface area contributed by atoms with Crippen molar-refractivity contribution < 1.29 is 13.2 Å². The minimum atomic E-state index is -3.79. The molecule has 1 aromatic carbocycles. The Kier molecular flexibility index (Phi) is 5.72. The molecule has 2 aromatic heterocycles. The zero-order valence-corrected chi connectivity index (χ0v) is 17.7. The second kappa shape index (κ2) is 7.92. The van der Waals surface area contributed by atoms with E-state index in [2.05, 4.69) is 15.4 Å². The van der Waals surface area contributed by atoms with Crippen LogP contribution in [-0.2, 0) is 21.2 Å². The molecule has 0 aliphatic heterocycles. The number of benzene rings is 1. The molecule has 0 spiro atoms. The second-order valence-corrected chi connectivity index (χ2v) is 8.79. The van der Waals surface area contributed by atoms with E-state index < -0.39 is 10.0 Å². The largest absolute Gasteiger partial charge is 0.350 e. The van der Waals surface area contributed by atoms with Gasteiger partial charge in [-0.3, -0.25) is 4.79 Å². The van der Waals surface area contributed by atoms with Crippen molar-refractivity contribution in [3.05, 3.63) is 58.5 Å². The van der Waals surface area contributed by atoms with Gasteiger partial charge in [-0.1, -0.05) is 12.1 Å². The first-order valence-corrected chi connectivity index (χ1v) is 10.9. The molecule has 1 atom stereocenters. The molecular formula is C20H25N5O3S. The summed E-state index contributed by atoms with van der Waals surface area (Å²) in [7, 11) is -3.79. The molecule has 3 aromatic rings. The summed E-state index contributed by atoms with van der Waals surface area (Å²) in [4.78, 5) is 17.1. The number of sulfonamides is 1. The smallest absolute Gasteiger partial charge is 0.238 e. The van der Waals surface area contributed by atoms with Gasteiger partial charge in [0, 0.05) is 23.9 Å². The van der Waals surface area contributed by atoms with Crippen LogP contribution in [0, 0.1) is 20.8 Å². The Balaban J connectivity index is 1.70. The highest BCUT2D eigenvalue weighted by Crippen LogP contribution is 2.19. The number of carbonyl (C=O) groups is 1. The van der Waals surface area contributed by atoms with Gasteiger partial charge in [0.2, 0.25) is 15.9 Å². The van der Waals surface area contributed by atoms with E-state index in [-0.39, 0.29) is 23.3 Å². The Morgan fingerprint density at radius 3 is 2.66 bits per heavy atom. The molecule has 0 aliphatic rings. The number of nitrogens with one attached hydrogen (secondary N) is 1. The maximum absolute atomic E-state index is 12.5. The van der Waals surface area contributed by atoms with Crippen molar-refractivity contribution in [2.24, 2.45) is 5.14 Å². The molecule has 1 unspecified atom stereocenters. The minimum Gasteiger partial charge on any atom is -0.350 e.